The van der Waals surface area contributed by atoms with Crippen LogP contribution in [0.25, 0.3) is 0 Å². The predicted octanol–water partition coefficient (Wildman–Crippen LogP) is 2.03. The molecule has 0 aliphatic carbocycles. The quantitative estimate of drug-likeness (QED) is 0.632. The van der Waals surface area contributed by atoms with Crippen molar-refractivity contribution in [3.05, 3.63) is 6.26 Å². The monoisotopic (exact) mass is 171 g/mol. The van der Waals surface area contributed by atoms with E-state index in [-0.39, 0.29) is 0 Å². The maximum atomic E-state index is 11.5. The van der Waals surface area contributed by atoms with E-state index in [1.54, 1.807) is 0 Å². The topological polar surface area (TPSA) is 17.1 Å². The van der Waals surface area contributed by atoms with E-state index in [1.807, 2.05) is 0 Å². The molecule has 0 fully saturated rings. The number of thioether (sulfide) groups is 1. The first-order valence-corrected chi connectivity index (χ1v) is 3.46. The Kier molecular flexibility index (Phi) is 3.21. The summed E-state index contributed by atoms with van der Waals surface area (Å²) < 4.78 is 34.5. The highest BCUT2D eigenvalue weighted by atomic mass is 32.2. The van der Waals surface area contributed by atoms with Crippen LogP contribution >= 0.6 is 11.8 Å². The zero-order valence-electron chi connectivity index (χ0n) is 5.23. The molecule has 0 aromatic carbocycles. The Bertz CT molecular complexity index is 131. The maximum Gasteiger partial charge on any atom is 0.451 e. The molecule has 0 aromatic heterocycles. The van der Waals surface area contributed by atoms with Gasteiger partial charge in [0.2, 0.25) is 5.78 Å². The highest BCUT2D eigenvalue weighted by molar-refractivity contribution is 8.01. The van der Waals surface area contributed by atoms with Crippen molar-refractivity contribution in [2.24, 2.45) is 0 Å². The van der Waals surface area contributed by atoms with E-state index >= 15 is 0 Å². The van der Waals surface area contributed by atoms with E-state index in [0.717, 1.165) is 0 Å². The summed E-state index contributed by atoms with van der Waals surface area (Å²) in [5, 5.41) is -1.10. The van der Waals surface area contributed by atoms with Crippen LogP contribution in [0.2, 0.25) is 0 Å². The van der Waals surface area contributed by atoms with Crippen LogP contribution < -0.4 is 0 Å². The predicted molar refractivity (Wildman–Crippen MR) is 33.5 cm³/mol. The number of hydrogen-bond acceptors (Lipinski definition) is 2. The minimum atomic E-state index is -4.72. The molecule has 0 aliphatic rings. The number of alkyl halides is 3. The summed E-state index contributed by atoms with van der Waals surface area (Å²) in [4.78, 5) is 10.2. The highest BCUT2D eigenvalue weighted by Crippen LogP contribution is 2.22. The zero-order valence-corrected chi connectivity index (χ0v) is 6.05. The van der Waals surface area contributed by atoms with Crippen LogP contribution in [0.4, 0.5) is 13.2 Å². The molecule has 0 saturated carbocycles. The summed E-state index contributed by atoms with van der Waals surface area (Å²) in [6, 6.07) is 0. The molecule has 1 unspecified atom stereocenters. The van der Waals surface area contributed by atoms with Crippen molar-refractivity contribution in [2.45, 2.75) is 18.3 Å². The number of halogens is 3. The second-order valence-electron chi connectivity index (χ2n) is 1.67. The van der Waals surface area contributed by atoms with Crippen molar-refractivity contribution in [3.63, 3.8) is 0 Å². The number of ketones is 1. The number of rotatable bonds is 2. The molecule has 0 spiro atoms. The van der Waals surface area contributed by atoms with Gasteiger partial charge in [0.15, 0.2) is 0 Å². The molecule has 0 heterocycles. The lowest BCUT2D eigenvalue weighted by Crippen LogP contribution is -2.30. The van der Waals surface area contributed by atoms with E-state index < -0.39 is 17.2 Å². The third-order valence-electron chi connectivity index (χ3n) is 0.899. The highest BCUT2D eigenvalue weighted by Gasteiger charge is 2.41. The van der Waals surface area contributed by atoms with Crippen LogP contribution in [0.15, 0.2) is 0 Å². The standard InChI is InChI=1S/C5H6F3OS/c1-3(10-2)4(9)5(6,7)8/h3H,2H2,1H3. The SMILES string of the molecule is [CH2]SC(C)C(=O)C(F)(F)F. The van der Waals surface area contributed by atoms with E-state index in [2.05, 4.69) is 6.26 Å². The summed E-state index contributed by atoms with van der Waals surface area (Å²) in [5.41, 5.74) is 0. The van der Waals surface area contributed by atoms with Crippen LogP contribution in [0, 0.1) is 6.26 Å². The molecule has 0 aromatic rings. The minimum absolute atomic E-state index is 0.640. The smallest absolute Gasteiger partial charge is 0.288 e. The van der Waals surface area contributed by atoms with Gasteiger partial charge in [-0.05, 0) is 6.92 Å². The number of carbonyl (C=O) groups is 1. The molecule has 0 N–H and O–H groups in total. The van der Waals surface area contributed by atoms with Crippen molar-refractivity contribution in [2.75, 3.05) is 0 Å². The Morgan fingerprint density at radius 3 is 2.10 bits per heavy atom. The lowest BCUT2D eigenvalue weighted by atomic mass is 10.3. The number of hydrogen-bond donors (Lipinski definition) is 0. The van der Waals surface area contributed by atoms with Crippen LogP contribution in [-0.4, -0.2) is 17.2 Å². The minimum Gasteiger partial charge on any atom is -0.288 e. The Morgan fingerprint density at radius 2 is 2.00 bits per heavy atom. The Morgan fingerprint density at radius 1 is 1.60 bits per heavy atom. The first-order chi connectivity index (χ1) is 4.39. The third-order valence-corrected chi connectivity index (χ3v) is 1.61. The maximum absolute atomic E-state index is 11.5. The molecule has 1 radical (unpaired) electrons. The first-order valence-electron chi connectivity index (χ1n) is 2.41. The Hall–Kier alpha value is -0.190. The van der Waals surface area contributed by atoms with Gasteiger partial charge >= 0.3 is 6.18 Å². The van der Waals surface area contributed by atoms with Gasteiger partial charge in [-0.25, -0.2) is 0 Å². The molecule has 0 rings (SSSR count). The second-order valence-corrected chi connectivity index (χ2v) is 2.71. The molecule has 0 amide bonds. The molecule has 0 saturated heterocycles. The van der Waals surface area contributed by atoms with Gasteiger partial charge in [-0.1, -0.05) is 0 Å². The Balaban J connectivity index is 4.09. The molecular formula is C5H6F3OS. The molecule has 0 bridgehead atoms. The summed E-state index contributed by atoms with van der Waals surface area (Å²) in [6.45, 7) is 1.17. The average molecular weight is 171 g/mol. The summed E-state index contributed by atoms with van der Waals surface area (Å²) in [7, 11) is 0. The van der Waals surface area contributed by atoms with E-state index in [4.69, 9.17) is 0 Å². The van der Waals surface area contributed by atoms with Crippen LogP contribution in [0.5, 0.6) is 0 Å². The van der Waals surface area contributed by atoms with Crippen molar-refractivity contribution < 1.29 is 18.0 Å². The summed E-state index contributed by atoms with van der Waals surface area (Å²) in [5.74, 6) is -1.73. The fourth-order valence-electron chi connectivity index (χ4n) is 0.306. The number of Topliss-reactive ketones (excluding diaryl/α,β-unsaturated/α-hetero) is 1. The number of carbonyl (C=O) groups excluding carboxylic acids is 1. The van der Waals surface area contributed by atoms with Crippen molar-refractivity contribution in [1.29, 1.82) is 0 Å². The van der Waals surface area contributed by atoms with Crippen molar-refractivity contribution in [3.8, 4) is 0 Å². The van der Waals surface area contributed by atoms with Gasteiger partial charge in [0.1, 0.15) is 0 Å². The van der Waals surface area contributed by atoms with Gasteiger partial charge in [0.05, 0.1) is 5.25 Å². The van der Waals surface area contributed by atoms with Crippen LogP contribution in [0.1, 0.15) is 6.92 Å². The van der Waals surface area contributed by atoms with Gasteiger partial charge in [0, 0.05) is 6.26 Å². The lowest BCUT2D eigenvalue weighted by Gasteiger charge is -2.08. The zero-order chi connectivity index (χ0) is 8.36. The Labute approximate surface area is 61.0 Å². The molecule has 5 heteroatoms. The summed E-state index contributed by atoms with van der Waals surface area (Å²) in [6.07, 6.45) is -1.60. The van der Waals surface area contributed by atoms with Crippen molar-refractivity contribution >= 4 is 17.5 Å². The fraction of sp³-hybridized carbons (Fsp3) is 0.600. The molecule has 1 nitrogen and oxygen atoms in total. The fourth-order valence-corrected chi connectivity index (χ4v) is 0.591. The van der Waals surface area contributed by atoms with Gasteiger partial charge in [-0.2, -0.15) is 13.2 Å². The average Bonchev–Trinajstić information content (AvgIpc) is 1.83. The third kappa shape index (κ3) is 2.60. The molecule has 10 heavy (non-hydrogen) atoms. The van der Waals surface area contributed by atoms with Crippen LogP contribution in [0.3, 0.4) is 0 Å². The lowest BCUT2D eigenvalue weighted by molar-refractivity contribution is -0.170. The molecular weight excluding hydrogens is 165 g/mol. The second kappa shape index (κ2) is 3.27. The van der Waals surface area contributed by atoms with E-state index in [1.165, 1.54) is 6.92 Å². The normalized spacial score (nSPS) is 14.9. The molecule has 59 valence electrons. The molecule has 1 atom stereocenters. The van der Waals surface area contributed by atoms with E-state index in [9.17, 15) is 18.0 Å². The van der Waals surface area contributed by atoms with Gasteiger partial charge in [-0.15, -0.1) is 11.8 Å². The van der Waals surface area contributed by atoms with Gasteiger partial charge < -0.3 is 0 Å². The van der Waals surface area contributed by atoms with Crippen LogP contribution in [-0.2, 0) is 4.79 Å². The molecule has 0 aliphatic heterocycles. The van der Waals surface area contributed by atoms with E-state index in [0.29, 0.717) is 11.8 Å². The van der Waals surface area contributed by atoms with Crippen molar-refractivity contribution in [1.82, 2.24) is 0 Å². The van der Waals surface area contributed by atoms with Gasteiger partial charge in [-0.3, -0.25) is 4.79 Å². The largest absolute Gasteiger partial charge is 0.451 e. The first kappa shape index (κ1) is 9.81. The van der Waals surface area contributed by atoms with Gasteiger partial charge in [0.25, 0.3) is 0 Å². The summed E-state index contributed by atoms with van der Waals surface area (Å²) >= 11 is 0.640.